The molecule has 312 valence electrons. The molecule has 4 aromatic carbocycles. The summed E-state index contributed by atoms with van der Waals surface area (Å²) >= 11 is 15.9. The smallest absolute Gasteiger partial charge is 0.261 e. The van der Waals surface area contributed by atoms with Crippen LogP contribution in [0.25, 0.3) is 0 Å². The molecular weight excluding hydrogens is 857 g/mol. The van der Waals surface area contributed by atoms with Crippen LogP contribution < -0.4 is 9.47 Å². The Morgan fingerprint density at radius 1 is 0.458 bits per heavy atom. The molecule has 0 N–H and O–H groups in total. The second-order valence-electron chi connectivity index (χ2n) is 14.4. The number of thioether (sulfide) groups is 4. The highest BCUT2D eigenvalue weighted by molar-refractivity contribution is 8.03. The first-order chi connectivity index (χ1) is 28.6. The van der Waals surface area contributed by atoms with E-state index in [-0.39, 0.29) is 29.0 Å². The number of fused-ring (bicyclic) bond motifs is 2. The van der Waals surface area contributed by atoms with Crippen molar-refractivity contribution in [3.63, 3.8) is 0 Å². The largest absolute Gasteiger partial charge is 0.457 e. The van der Waals surface area contributed by atoms with E-state index >= 15 is 0 Å². The number of nitrogens with zero attached hydrogens (tertiary/aromatic N) is 2. The van der Waals surface area contributed by atoms with Gasteiger partial charge in [0.25, 0.3) is 23.6 Å². The zero-order chi connectivity index (χ0) is 41.8. The molecule has 0 aliphatic carbocycles. The number of thiol groups is 2. The molecule has 14 heteroatoms. The fraction of sp³-hybridized carbons (Fsp3) is 0.378. The van der Waals surface area contributed by atoms with E-state index in [0.29, 0.717) is 58.3 Å². The molecule has 0 bridgehead atoms. The minimum Gasteiger partial charge on any atom is -0.457 e. The number of carbonyl (C=O) groups excluding carboxylic acids is 4. The Labute approximate surface area is 375 Å². The fourth-order valence-corrected chi connectivity index (χ4v) is 11.2. The molecule has 0 aromatic heterocycles. The summed E-state index contributed by atoms with van der Waals surface area (Å²) in [6.45, 7) is 5.10. The zero-order valence-electron chi connectivity index (χ0n) is 33.4. The Kier molecular flexibility index (Phi) is 17.0. The SMILES string of the molecule is CC(C)(c1ccc(Oc2ccc3c(c2)C(=O)N(CCCSCCSCCS)C3=O)cc1)c1ccc(Oc2ccc3c(c2)C(=O)N(CCCSCCSCCS)C3=O)cc1. The number of carbonyl (C=O) groups is 4. The van der Waals surface area contributed by atoms with Gasteiger partial charge in [-0.3, -0.25) is 29.0 Å². The van der Waals surface area contributed by atoms with Gasteiger partial charge in [0.2, 0.25) is 0 Å². The van der Waals surface area contributed by atoms with Gasteiger partial charge in [-0.2, -0.15) is 72.3 Å². The van der Waals surface area contributed by atoms with Gasteiger partial charge in [0.15, 0.2) is 0 Å². The van der Waals surface area contributed by atoms with Gasteiger partial charge < -0.3 is 9.47 Å². The van der Waals surface area contributed by atoms with Crippen molar-refractivity contribution in [2.75, 3.05) is 70.6 Å². The van der Waals surface area contributed by atoms with Gasteiger partial charge in [-0.25, -0.2) is 0 Å². The summed E-state index contributed by atoms with van der Waals surface area (Å²) in [7, 11) is 0. The van der Waals surface area contributed by atoms with Gasteiger partial charge >= 0.3 is 0 Å². The van der Waals surface area contributed by atoms with Crippen molar-refractivity contribution in [1.29, 1.82) is 0 Å². The number of hydrogen-bond donors (Lipinski definition) is 2. The van der Waals surface area contributed by atoms with Gasteiger partial charge in [0, 0.05) is 53.0 Å². The number of hydrogen-bond acceptors (Lipinski definition) is 12. The number of amides is 4. The van der Waals surface area contributed by atoms with Crippen LogP contribution in [0.15, 0.2) is 84.9 Å². The molecule has 2 aliphatic heterocycles. The van der Waals surface area contributed by atoms with Crippen LogP contribution in [-0.2, 0) is 5.41 Å². The summed E-state index contributed by atoms with van der Waals surface area (Å²) in [5.41, 5.74) is 3.39. The van der Waals surface area contributed by atoms with Crippen LogP contribution in [0.3, 0.4) is 0 Å². The average Bonchev–Trinajstić information content (AvgIpc) is 3.62. The van der Waals surface area contributed by atoms with Crippen molar-refractivity contribution < 1.29 is 28.7 Å². The van der Waals surface area contributed by atoms with E-state index < -0.39 is 0 Å². The Hall–Kier alpha value is -3.14. The van der Waals surface area contributed by atoms with E-state index in [2.05, 4.69) is 39.1 Å². The van der Waals surface area contributed by atoms with Crippen LogP contribution in [0.1, 0.15) is 79.2 Å². The number of imide groups is 2. The molecule has 0 unspecified atom stereocenters. The summed E-state index contributed by atoms with van der Waals surface area (Å²) < 4.78 is 12.3. The number of ether oxygens (including phenoxy) is 2. The average molecular weight is 907 g/mol. The Bertz CT molecular complexity index is 1950. The van der Waals surface area contributed by atoms with Crippen molar-refractivity contribution in [3.05, 3.63) is 118 Å². The second-order valence-corrected chi connectivity index (χ2v) is 20.2. The summed E-state index contributed by atoms with van der Waals surface area (Å²) in [5, 5.41) is 0. The monoisotopic (exact) mass is 906 g/mol. The topological polar surface area (TPSA) is 93.2 Å². The highest BCUT2D eigenvalue weighted by atomic mass is 32.2. The van der Waals surface area contributed by atoms with E-state index in [1.807, 2.05) is 95.6 Å². The first-order valence-electron chi connectivity index (χ1n) is 19.7. The molecule has 0 fully saturated rings. The predicted octanol–water partition coefficient (Wildman–Crippen LogP) is 10.4. The molecule has 4 amide bonds. The molecule has 2 aliphatic rings. The van der Waals surface area contributed by atoms with Crippen molar-refractivity contribution in [3.8, 4) is 23.0 Å². The highest BCUT2D eigenvalue weighted by Crippen LogP contribution is 2.36. The first kappa shape index (κ1) is 45.4. The Morgan fingerprint density at radius 3 is 1.17 bits per heavy atom. The summed E-state index contributed by atoms with van der Waals surface area (Å²) in [5.74, 6) is 11.1. The first-order valence-corrected chi connectivity index (χ1v) is 25.6. The highest BCUT2D eigenvalue weighted by Gasteiger charge is 2.36. The maximum Gasteiger partial charge on any atom is 0.261 e. The van der Waals surface area contributed by atoms with Crippen LogP contribution in [-0.4, -0.2) is 104 Å². The molecule has 59 heavy (non-hydrogen) atoms. The molecule has 6 rings (SSSR count). The zero-order valence-corrected chi connectivity index (χ0v) is 38.4. The maximum absolute atomic E-state index is 13.2. The Balaban J connectivity index is 0.994. The van der Waals surface area contributed by atoms with Crippen LogP contribution in [0.5, 0.6) is 23.0 Å². The minimum atomic E-state index is -0.349. The lowest BCUT2D eigenvalue weighted by molar-refractivity contribution is 0.0639. The van der Waals surface area contributed by atoms with Crippen LogP contribution in [0, 0.1) is 0 Å². The van der Waals surface area contributed by atoms with Gasteiger partial charge in [-0.1, -0.05) is 38.1 Å². The third kappa shape index (κ3) is 11.6. The fourth-order valence-electron chi connectivity index (χ4n) is 6.81. The summed E-state index contributed by atoms with van der Waals surface area (Å²) in [6.07, 6.45) is 1.52. The second kappa shape index (κ2) is 22.1. The van der Waals surface area contributed by atoms with Crippen LogP contribution in [0.2, 0.25) is 0 Å². The third-order valence-corrected chi connectivity index (χ3v) is 15.7. The predicted molar refractivity (Wildman–Crippen MR) is 255 cm³/mol. The summed E-state index contributed by atoms with van der Waals surface area (Å²) in [6, 6.07) is 25.9. The molecule has 4 aromatic rings. The minimum absolute atomic E-state index is 0.247. The third-order valence-electron chi connectivity index (χ3n) is 10.1. The van der Waals surface area contributed by atoms with Gasteiger partial charge in [-0.05, 0) is 108 Å². The van der Waals surface area contributed by atoms with E-state index in [9.17, 15) is 19.2 Å². The van der Waals surface area contributed by atoms with Crippen LogP contribution in [0.4, 0.5) is 0 Å². The quantitative estimate of drug-likeness (QED) is 0.0402. The van der Waals surface area contributed by atoms with Gasteiger partial charge in [-0.15, -0.1) is 0 Å². The number of benzene rings is 4. The van der Waals surface area contributed by atoms with Crippen molar-refractivity contribution in [1.82, 2.24) is 9.80 Å². The molecule has 0 saturated heterocycles. The summed E-state index contributed by atoms with van der Waals surface area (Å²) in [4.78, 5) is 55.1. The molecular formula is C45H50N2O6S6. The number of rotatable bonds is 24. The lowest BCUT2D eigenvalue weighted by Gasteiger charge is -2.26. The van der Waals surface area contributed by atoms with E-state index in [1.165, 1.54) is 9.80 Å². The molecule has 8 nitrogen and oxygen atoms in total. The van der Waals surface area contributed by atoms with Crippen molar-refractivity contribution >= 4 is 95.9 Å². The van der Waals surface area contributed by atoms with Gasteiger partial charge in [0.1, 0.15) is 23.0 Å². The van der Waals surface area contributed by atoms with E-state index in [1.54, 1.807) is 36.4 Å². The van der Waals surface area contributed by atoms with Crippen LogP contribution >= 0.6 is 72.3 Å². The molecule has 0 spiro atoms. The van der Waals surface area contributed by atoms with Crippen molar-refractivity contribution in [2.24, 2.45) is 0 Å². The van der Waals surface area contributed by atoms with Crippen molar-refractivity contribution in [2.45, 2.75) is 32.1 Å². The lowest BCUT2D eigenvalue weighted by Crippen LogP contribution is -2.31. The molecule has 0 radical (unpaired) electrons. The van der Waals surface area contributed by atoms with E-state index in [0.717, 1.165) is 81.5 Å². The molecule has 2 heterocycles. The maximum atomic E-state index is 13.2. The molecule has 0 atom stereocenters. The molecule has 0 saturated carbocycles. The lowest BCUT2D eigenvalue weighted by atomic mass is 9.78. The van der Waals surface area contributed by atoms with Gasteiger partial charge in [0.05, 0.1) is 22.3 Å². The normalized spacial score (nSPS) is 13.7. The Morgan fingerprint density at radius 2 is 0.797 bits per heavy atom. The van der Waals surface area contributed by atoms with E-state index in [4.69, 9.17) is 9.47 Å². The standard InChI is InChI=1S/C45H50N2O6S6/c1-45(2,31-5-9-33(10-6-31)52-35-13-15-37-39(29-35)43(50)46(41(37)48)17-3-21-56-25-27-58-23-19-54)32-7-11-34(12-8-32)53-36-14-16-38-40(30-36)44(51)47(42(38)49)18-4-22-57-26-28-59-24-20-55/h5-16,29-30,54-55H,3-4,17-28H2,1-2H3.